The van der Waals surface area contributed by atoms with Crippen molar-refractivity contribution >= 4 is 0 Å². The van der Waals surface area contributed by atoms with Gasteiger partial charge in [0.25, 0.3) is 0 Å². The summed E-state index contributed by atoms with van der Waals surface area (Å²) in [5.41, 5.74) is 0.781. The Morgan fingerprint density at radius 2 is 2.00 bits per heavy atom. The number of hydrogen-bond donors (Lipinski definition) is 1. The second-order valence-electron chi connectivity index (χ2n) is 3.97. The molecule has 0 aliphatic carbocycles. The molecule has 0 aliphatic heterocycles. The number of benzene rings is 1. The van der Waals surface area contributed by atoms with Gasteiger partial charge in [-0.25, -0.2) is 0 Å². The van der Waals surface area contributed by atoms with Gasteiger partial charge in [0.2, 0.25) is 0 Å². The molecular weight excluding hydrogens is 259 g/mol. The molecule has 108 valence electrons. The molecule has 0 bridgehead atoms. The molecule has 0 radical (unpaired) electrons. The highest BCUT2D eigenvalue weighted by molar-refractivity contribution is 5.40. The normalized spacial score (nSPS) is 11.4. The Balaban J connectivity index is 2.69. The minimum absolute atomic E-state index is 0.380. The minimum atomic E-state index is -4.20. The maximum atomic E-state index is 12.1. The summed E-state index contributed by atoms with van der Waals surface area (Å²) in [4.78, 5) is 0. The predicted octanol–water partition coefficient (Wildman–Crippen LogP) is 3.14. The topological polar surface area (TPSA) is 30.5 Å². The first-order valence-electron chi connectivity index (χ1n) is 6.03. The van der Waals surface area contributed by atoms with Crippen LogP contribution in [0.15, 0.2) is 18.2 Å². The van der Waals surface area contributed by atoms with E-state index in [1.54, 1.807) is 18.2 Å². The lowest BCUT2D eigenvalue weighted by molar-refractivity contribution is -0.139. The average Bonchev–Trinajstić information content (AvgIpc) is 2.35. The number of rotatable bonds is 7. The highest BCUT2D eigenvalue weighted by Gasteiger charge is 2.27. The SMILES string of the molecule is CCNCc1cc(OC)ccc1OCCC(F)(F)F. The lowest BCUT2D eigenvalue weighted by Gasteiger charge is -2.14. The largest absolute Gasteiger partial charge is 0.497 e. The van der Waals surface area contributed by atoms with E-state index >= 15 is 0 Å². The zero-order valence-corrected chi connectivity index (χ0v) is 11.0. The fraction of sp³-hybridized carbons (Fsp3) is 0.538. The van der Waals surface area contributed by atoms with Gasteiger partial charge in [-0.1, -0.05) is 6.92 Å². The molecule has 0 amide bonds. The second kappa shape index (κ2) is 7.23. The maximum Gasteiger partial charge on any atom is 0.392 e. The van der Waals surface area contributed by atoms with Crippen LogP contribution in [0.4, 0.5) is 13.2 Å². The first kappa shape index (κ1) is 15.6. The summed E-state index contributed by atoms with van der Waals surface area (Å²) in [6, 6.07) is 5.05. The van der Waals surface area contributed by atoms with Gasteiger partial charge in [0, 0.05) is 12.1 Å². The Bertz CT molecular complexity index is 394. The van der Waals surface area contributed by atoms with Crippen molar-refractivity contribution < 1.29 is 22.6 Å². The summed E-state index contributed by atoms with van der Waals surface area (Å²) in [6.07, 6.45) is -5.16. The maximum absolute atomic E-state index is 12.1. The summed E-state index contributed by atoms with van der Waals surface area (Å²) in [7, 11) is 1.54. The van der Waals surface area contributed by atoms with Crippen molar-refractivity contribution in [3.8, 4) is 11.5 Å². The Kier molecular flexibility index (Phi) is 5.95. The molecule has 0 fully saturated rings. The van der Waals surface area contributed by atoms with Crippen LogP contribution >= 0.6 is 0 Å². The lowest BCUT2D eigenvalue weighted by atomic mass is 10.2. The molecule has 19 heavy (non-hydrogen) atoms. The number of methoxy groups -OCH3 is 1. The zero-order valence-electron chi connectivity index (χ0n) is 11.0. The quantitative estimate of drug-likeness (QED) is 0.830. The standard InChI is InChI=1S/C13H18F3NO2/c1-3-17-9-10-8-11(18-2)4-5-12(10)19-7-6-13(14,15)16/h4-5,8,17H,3,6-7,9H2,1-2H3. The minimum Gasteiger partial charge on any atom is -0.497 e. The van der Waals surface area contributed by atoms with Gasteiger partial charge in [-0.05, 0) is 24.7 Å². The first-order chi connectivity index (χ1) is 8.96. The van der Waals surface area contributed by atoms with Gasteiger partial charge in [0.1, 0.15) is 11.5 Å². The molecule has 0 aliphatic rings. The van der Waals surface area contributed by atoms with Crippen LogP contribution < -0.4 is 14.8 Å². The van der Waals surface area contributed by atoms with E-state index < -0.39 is 12.6 Å². The molecule has 6 heteroatoms. The summed E-state index contributed by atoms with van der Waals surface area (Å²) >= 11 is 0. The molecule has 0 atom stereocenters. The van der Waals surface area contributed by atoms with Gasteiger partial charge in [0.15, 0.2) is 0 Å². The number of alkyl halides is 3. The molecule has 1 N–H and O–H groups in total. The summed E-state index contributed by atoms with van der Waals surface area (Å²) in [5.74, 6) is 1.10. The third-order valence-corrected chi connectivity index (χ3v) is 2.48. The van der Waals surface area contributed by atoms with Gasteiger partial charge < -0.3 is 14.8 Å². The molecule has 3 nitrogen and oxygen atoms in total. The molecule has 0 spiro atoms. The van der Waals surface area contributed by atoms with Gasteiger partial charge >= 0.3 is 6.18 Å². The average molecular weight is 277 g/mol. The lowest BCUT2D eigenvalue weighted by Crippen LogP contribution is -2.15. The number of nitrogens with one attached hydrogen (secondary N) is 1. The monoisotopic (exact) mass is 277 g/mol. The predicted molar refractivity (Wildman–Crippen MR) is 66.5 cm³/mol. The highest BCUT2D eigenvalue weighted by atomic mass is 19.4. The second-order valence-corrected chi connectivity index (χ2v) is 3.97. The van der Waals surface area contributed by atoms with Crippen LogP contribution in [0, 0.1) is 0 Å². The van der Waals surface area contributed by atoms with E-state index in [1.165, 1.54) is 7.11 Å². The van der Waals surface area contributed by atoms with E-state index in [4.69, 9.17) is 9.47 Å². The van der Waals surface area contributed by atoms with E-state index in [0.717, 1.165) is 12.1 Å². The van der Waals surface area contributed by atoms with Crippen molar-refractivity contribution in [1.29, 1.82) is 0 Å². The van der Waals surface area contributed by atoms with Gasteiger partial charge in [0.05, 0.1) is 20.1 Å². The van der Waals surface area contributed by atoms with E-state index in [9.17, 15) is 13.2 Å². The van der Waals surface area contributed by atoms with Crippen LogP contribution in [-0.2, 0) is 6.54 Å². The van der Waals surface area contributed by atoms with Gasteiger partial charge in [-0.15, -0.1) is 0 Å². The van der Waals surface area contributed by atoms with Crippen LogP contribution in [-0.4, -0.2) is 26.4 Å². The summed E-state index contributed by atoms with van der Waals surface area (Å²) in [6.45, 7) is 2.85. The number of halogens is 3. The van der Waals surface area contributed by atoms with Crippen LogP contribution in [0.25, 0.3) is 0 Å². The van der Waals surface area contributed by atoms with Gasteiger partial charge in [-0.3, -0.25) is 0 Å². The van der Waals surface area contributed by atoms with Crippen LogP contribution in [0.5, 0.6) is 11.5 Å². The molecule has 0 aromatic heterocycles. The van der Waals surface area contributed by atoms with Crippen LogP contribution in [0.3, 0.4) is 0 Å². The highest BCUT2D eigenvalue weighted by Crippen LogP contribution is 2.26. The van der Waals surface area contributed by atoms with E-state index in [0.29, 0.717) is 18.0 Å². The third-order valence-electron chi connectivity index (χ3n) is 2.48. The Labute approximate surface area is 110 Å². The van der Waals surface area contributed by atoms with Crippen molar-refractivity contribution in [2.75, 3.05) is 20.3 Å². The molecule has 1 rings (SSSR count). The molecule has 0 saturated heterocycles. The third kappa shape index (κ3) is 5.83. The van der Waals surface area contributed by atoms with Crippen LogP contribution in [0.1, 0.15) is 18.9 Å². The van der Waals surface area contributed by atoms with Crippen molar-refractivity contribution in [3.05, 3.63) is 23.8 Å². The Hall–Kier alpha value is -1.43. The van der Waals surface area contributed by atoms with Crippen LogP contribution in [0.2, 0.25) is 0 Å². The smallest absolute Gasteiger partial charge is 0.392 e. The Morgan fingerprint density at radius 1 is 1.26 bits per heavy atom. The van der Waals surface area contributed by atoms with E-state index in [2.05, 4.69) is 5.32 Å². The first-order valence-corrected chi connectivity index (χ1v) is 6.03. The summed E-state index contributed by atoms with van der Waals surface area (Å²) in [5, 5.41) is 3.11. The fourth-order valence-corrected chi connectivity index (χ4v) is 1.50. The molecule has 0 heterocycles. The number of ether oxygens (including phenoxy) is 2. The van der Waals surface area contributed by atoms with E-state index in [-0.39, 0.29) is 6.61 Å². The fourth-order valence-electron chi connectivity index (χ4n) is 1.50. The van der Waals surface area contributed by atoms with Crippen molar-refractivity contribution in [1.82, 2.24) is 5.32 Å². The van der Waals surface area contributed by atoms with Gasteiger partial charge in [-0.2, -0.15) is 13.2 Å². The van der Waals surface area contributed by atoms with Crippen molar-refractivity contribution in [2.45, 2.75) is 26.1 Å². The molecule has 0 saturated carbocycles. The molecular formula is C13H18F3NO2. The molecule has 1 aromatic rings. The van der Waals surface area contributed by atoms with Crippen molar-refractivity contribution in [2.24, 2.45) is 0 Å². The van der Waals surface area contributed by atoms with E-state index in [1.807, 2.05) is 6.92 Å². The number of hydrogen-bond acceptors (Lipinski definition) is 3. The molecule has 0 unspecified atom stereocenters. The summed E-state index contributed by atoms with van der Waals surface area (Å²) < 4.78 is 46.5. The Morgan fingerprint density at radius 3 is 2.58 bits per heavy atom. The van der Waals surface area contributed by atoms with Crippen molar-refractivity contribution in [3.63, 3.8) is 0 Å². The zero-order chi connectivity index (χ0) is 14.3. The molecule has 1 aromatic carbocycles.